The number of aromatic nitrogens is 1. The molecule has 2 aromatic carbocycles. The van der Waals surface area contributed by atoms with Crippen molar-refractivity contribution in [3.63, 3.8) is 0 Å². The summed E-state index contributed by atoms with van der Waals surface area (Å²) >= 11 is 2.19. The summed E-state index contributed by atoms with van der Waals surface area (Å²) in [6, 6.07) is 17.5. The van der Waals surface area contributed by atoms with Crippen LogP contribution in [-0.2, 0) is 0 Å². The smallest absolute Gasteiger partial charge is 0.263 e. The summed E-state index contributed by atoms with van der Waals surface area (Å²) in [4.78, 5) is 12.5. The van der Waals surface area contributed by atoms with Gasteiger partial charge < -0.3 is 0 Å². The molecule has 0 aliphatic rings. The van der Waals surface area contributed by atoms with Crippen molar-refractivity contribution < 1.29 is 4.79 Å². The van der Waals surface area contributed by atoms with E-state index in [9.17, 15) is 4.79 Å². The van der Waals surface area contributed by atoms with Gasteiger partial charge in [-0.3, -0.25) is 9.36 Å². The zero-order valence-electron chi connectivity index (χ0n) is 9.51. The Balaban J connectivity index is 2.16. The molecule has 1 aromatic heterocycles. The third-order valence-corrected chi connectivity index (χ3v) is 3.86. The minimum atomic E-state index is 0.0150. The molecule has 0 aliphatic carbocycles. The van der Waals surface area contributed by atoms with Crippen LogP contribution in [0.1, 0.15) is 10.4 Å². The van der Waals surface area contributed by atoms with Crippen molar-refractivity contribution in [3.8, 4) is 0 Å². The van der Waals surface area contributed by atoms with E-state index in [4.69, 9.17) is 0 Å². The number of rotatable bonds is 1. The Bertz CT molecular complexity index is 730. The molecule has 3 rings (SSSR count). The maximum Gasteiger partial charge on any atom is 0.263 e. The summed E-state index contributed by atoms with van der Waals surface area (Å²) in [5.41, 5.74) is 1.68. The maximum atomic E-state index is 12.5. The number of hydrogen-bond acceptors (Lipinski definition) is 1. The number of fused-ring (bicyclic) bond motifs is 1. The van der Waals surface area contributed by atoms with Crippen molar-refractivity contribution >= 4 is 39.4 Å². The van der Waals surface area contributed by atoms with Crippen LogP contribution in [0.2, 0.25) is 0 Å². The highest BCUT2D eigenvalue weighted by atomic mass is 127. The molecule has 0 fully saturated rings. The summed E-state index contributed by atoms with van der Waals surface area (Å²) in [5.74, 6) is 0.0150. The highest BCUT2D eigenvalue weighted by Crippen LogP contribution is 2.19. The largest absolute Gasteiger partial charge is 0.283 e. The molecular formula is C15H10INO. The van der Waals surface area contributed by atoms with Crippen molar-refractivity contribution in [2.24, 2.45) is 0 Å². The van der Waals surface area contributed by atoms with Gasteiger partial charge in [0, 0.05) is 15.2 Å². The quantitative estimate of drug-likeness (QED) is 0.612. The van der Waals surface area contributed by atoms with E-state index < -0.39 is 0 Å². The van der Waals surface area contributed by atoms with Crippen LogP contribution >= 0.6 is 22.6 Å². The molecule has 0 saturated carbocycles. The molecule has 3 heteroatoms. The number of carbonyl (C=O) groups is 1. The highest BCUT2D eigenvalue weighted by Gasteiger charge is 2.13. The third kappa shape index (κ3) is 1.84. The SMILES string of the molecule is O=C(c1ccccc1I)n1ccc2ccccc21. The van der Waals surface area contributed by atoms with Crippen LogP contribution in [-0.4, -0.2) is 10.5 Å². The Kier molecular flexibility index (Phi) is 2.91. The molecule has 88 valence electrons. The summed E-state index contributed by atoms with van der Waals surface area (Å²) in [6.45, 7) is 0. The third-order valence-electron chi connectivity index (χ3n) is 2.92. The monoisotopic (exact) mass is 347 g/mol. The van der Waals surface area contributed by atoms with E-state index in [1.54, 1.807) is 4.57 Å². The van der Waals surface area contributed by atoms with Gasteiger partial charge in [-0.05, 0) is 46.9 Å². The Hall–Kier alpha value is -1.62. The van der Waals surface area contributed by atoms with Crippen LogP contribution in [0.25, 0.3) is 10.9 Å². The van der Waals surface area contributed by atoms with Crippen molar-refractivity contribution in [2.75, 3.05) is 0 Å². The van der Waals surface area contributed by atoms with Gasteiger partial charge in [-0.15, -0.1) is 0 Å². The first-order valence-corrected chi connectivity index (χ1v) is 6.70. The van der Waals surface area contributed by atoms with Crippen LogP contribution in [0.5, 0.6) is 0 Å². The minimum Gasteiger partial charge on any atom is -0.283 e. The molecule has 0 radical (unpaired) electrons. The normalized spacial score (nSPS) is 10.7. The Morgan fingerprint density at radius 2 is 1.67 bits per heavy atom. The average Bonchev–Trinajstić information content (AvgIpc) is 2.82. The topological polar surface area (TPSA) is 22.0 Å². The summed E-state index contributed by atoms with van der Waals surface area (Å²) < 4.78 is 2.67. The van der Waals surface area contributed by atoms with Crippen molar-refractivity contribution in [1.82, 2.24) is 4.57 Å². The summed E-state index contributed by atoms with van der Waals surface area (Å²) in [6.07, 6.45) is 1.83. The Morgan fingerprint density at radius 1 is 0.944 bits per heavy atom. The lowest BCUT2D eigenvalue weighted by Gasteiger charge is -2.06. The van der Waals surface area contributed by atoms with E-state index in [1.807, 2.05) is 60.8 Å². The van der Waals surface area contributed by atoms with Crippen LogP contribution < -0.4 is 0 Å². The molecule has 18 heavy (non-hydrogen) atoms. The minimum absolute atomic E-state index is 0.0150. The second-order valence-electron chi connectivity index (χ2n) is 4.03. The van der Waals surface area contributed by atoms with Gasteiger partial charge >= 0.3 is 0 Å². The lowest BCUT2D eigenvalue weighted by molar-refractivity contribution is 0.0964. The molecule has 0 unspecified atom stereocenters. The van der Waals surface area contributed by atoms with Gasteiger partial charge in [0.2, 0.25) is 0 Å². The fourth-order valence-electron chi connectivity index (χ4n) is 2.02. The molecule has 1 heterocycles. The fraction of sp³-hybridized carbons (Fsp3) is 0. The van der Waals surface area contributed by atoms with E-state index in [1.165, 1.54) is 0 Å². The van der Waals surface area contributed by atoms with Gasteiger partial charge in [-0.1, -0.05) is 30.3 Å². The number of para-hydroxylation sites is 1. The number of halogens is 1. The second kappa shape index (κ2) is 4.57. The predicted molar refractivity (Wildman–Crippen MR) is 80.8 cm³/mol. The fourth-order valence-corrected chi connectivity index (χ4v) is 2.64. The average molecular weight is 347 g/mol. The van der Waals surface area contributed by atoms with Gasteiger partial charge in [0.25, 0.3) is 5.91 Å². The first-order chi connectivity index (χ1) is 8.77. The van der Waals surface area contributed by atoms with Crippen LogP contribution in [0.3, 0.4) is 0 Å². The zero-order chi connectivity index (χ0) is 12.5. The first-order valence-electron chi connectivity index (χ1n) is 5.63. The molecule has 0 atom stereocenters. The van der Waals surface area contributed by atoms with E-state index >= 15 is 0 Å². The molecule has 0 amide bonds. The Labute approximate surface area is 118 Å². The molecule has 0 bridgehead atoms. The van der Waals surface area contributed by atoms with Gasteiger partial charge in [0.05, 0.1) is 11.1 Å². The molecule has 2 nitrogen and oxygen atoms in total. The standard InChI is InChI=1S/C15H10INO/c16-13-7-3-2-6-12(13)15(18)17-10-9-11-5-1-4-8-14(11)17/h1-10H. The molecule has 0 aliphatic heterocycles. The molecule has 3 aromatic rings. The second-order valence-corrected chi connectivity index (χ2v) is 5.19. The van der Waals surface area contributed by atoms with Gasteiger partial charge in [0.15, 0.2) is 0 Å². The van der Waals surface area contributed by atoms with Crippen molar-refractivity contribution in [2.45, 2.75) is 0 Å². The Morgan fingerprint density at radius 3 is 2.50 bits per heavy atom. The molecule has 0 saturated heterocycles. The highest BCUT2D eigenvalue weighted by molar-refractivity contribution is 14.1. The van der Waals surface area contributed by atoms with Crippen molar-refractivity contribution in [1.29, 1.82) is 0 Å². The number of nitrogens with zero attached hydrogens (tertiary/aromatic N) is 1. The van der Waals surface area contributed by atoms with Gasteiger partial charge in [-0.2, -0.15) is 0 Å². The van der Waals surface area contributed by atoms with Gasteiger partial charge in [-0.25, -0.2) is 0 Å². The predicted octanol–water partition coefficient (Wildman–Crippen LogP) is 3.93. The molecular weight excluding hydrogens is 337 g/mol. The van der Waals surface area contributed by atoms with Gasteiger partial charge in [0.1, 0.15) is 0 Å². The number of hydrogen-bond donors (Lipinski definition) is 0. The maximum absolute atomic E-state index is 12.5. The lowest BCUT2D eigenvalue weighted by atomic mass is 10.2. The van der Waals surface area contributed by atoms with Crippen LogP contribution in [0.4, 0.5) is 0 Å². The van der Waals surface area contributed by atoms with Crippen LogP contribution in [0.15, 0.2) is 60.8 Å². The number of carbonyl (C=O) groups excluding carboxylic acids is 1. The van der Waals surface area contributed by atoms with Crippen molar-refractivity contribution in [3.05, 3.63) is 69.9 Å². The van der Waals surface area contributed by atoms with E-state index in [0.29, 0.717) is 0 Å². The molecule has 0 spiro atoms. The molecule has 0 N–H and O–H groups in total. The van der Waals surface area contributed by atoms with Crippen LogP contribution in [0, 0.1) is 3.57 Å². The lowest BCUT2D eigenvalue weighted by Crippen LogP contribution is -2.11. The van der Waals surface area contributed by atoms with E-state index in [-0.39, 0.29) is 5.91 Å². The van der Waals surface area contributed by atoms with E-state index in [0.717, 1.165) is 20.0 Å². The summed E-state index contributed by atoms with van der Waals surface area (Å²) in [7, 11) is 0. The first kappa shape index (κ1) is 11.5. The zero-order valence-corrected chi connectivity index (χ0v) is 11.7. The summed E-state index contributed by atoms with van der Waals surface area (Å²) in [5, 5.41) is 1.08. The number of benzene rings is 2. The van der Waals surface area contributed by atoms with E-state index in [2.05, 4.69) is 22.6 Å².